The minimum Gasteiger partial charge on any atom is -0.389 e. The third kappa shape index (κ3) is 2.25. The molecule has 0 amide bonds. The fraction of sp³-hybridized carbons (Fsp3) is 0.133. The minimum absolute atomic E-state index is 0.0812. The van der Waals surface area contributed by atoms with Crippen molar-refractivity contribution < 1.29 is 10.0 Å². The molecule has 6 heteroatoms. The summed E-state index contributed by atoms with van der Waals surface area (Å²) in [5.41, 5.74) is 1.60. The maximum absolute atomic E-state index is 11.3. The molecule has 1 atom stereocenters. The number of aromatic nitrogens is 2. The average molecular weight is 283 g/mol. The van der Waals surface area contributed by atoms with E-state index in [9.17, 15) is 15.2 Å². The van der Waals surface area contributed by atoms with Crippen LogP contribution in [0.3, 0.4) is 0 Å². The Morgan fingerprint density at radius 2 is 2.05 bits per heavy atom. The van der Waals surface area contributed by atoms with Gasteiger partial charge in [-0.3, -0.25) is 10.1 Å². The van der Waals surface area contributed by atoms with Crippen molar-refractivity contribution >= 4 is 16.6 Å². The largest absolute Gasteiger partial charge is 0.389 e. The molecule has 0 fully saturated rings. The van der Waals surface area contributed by atoms with Gasteiger partial charge in [-0.1, -0.05) is 24.3 Å². The molecule has 2 aromatic carbocycles. The van der Waals surface area contributed by atoms with E-state index in [0.717, 1.165) is 10.9 Å². The lowest BCUT2D eigenvalue weighted by Gasteiger charge is -2.08. The van der Waals surface area contributed by atoms with Gasteiger partial charge in [-0.2, -0.15) is 5.10 Å². The van der Waals surface area contributed by atoms with Gasteiger partial charge in [0.2, 0.25) is 0 Å². The van der Waals surface area contributed by atoms with Gasteiger partial charge in [0, 0.05) is 11.5 Å². The van der Waals surface area contributed by atoms with Crippen LogP contribution in [0.5, 0.6) is 0 Å². The third-order valence-electron chi connectivity index (χ3n) is 3.38. The van der Waals surface area contributed by atoms with E-state index < -0.39 is 11.0 Å². The highest BCUT2D eigenvalue weighted by atomic mass is 16.6. The van der Waals surface area contributed by atoms with Crippen LogP contribution in [0, 0.1) is 10.1 Å². The number of nitrogens with zero attached hydrogens (tertiary/aromatic N) is 3. The number of para-hydroxylation sites is 1. The molecule has 0 spiro atoms. The van der Waals surface area contributed by atoms with Gasteiger partial charge in [-0.15, -0.1) is 0 Å². The van der Waals surface area contributed by atoms with E-state index in [1.807, 2.05) is 24.3 Å². The molecular weight excluding hydrogens is 270 g/mol. The lowest BCUT2D eigenvalue weighted by Crippen LogP contribution is -2.03. The highest BCUT2D eigenvalue weighted by Gasteiger charge is 2.19. The first kappa shape index (κ1) is 13.3. The lowest BCUT2D eigenvalue weighted by molar-refractivity contribution is -0.384. The predicted molar refractivity (Wildman–Crippen MR) is 78.4 cm³/mol. The molecule has 21 heavy (non-hydrogen) atoms. The molecule has 106 valence electrons. The number of benzene rings is 2. The first-order valence-corrected chi connectivity index (χ1v) is 6.47. The zero-order chi connectivity index (χ0) is 15.0. The summed E-state index contributed by atoms with van der Waals surface area (Å²) in [5, 5.41) is 26.0. The zero-order valence-electron chi connectivity index (χ0n) is 11.3. The average Bonchev–Trinajstić information content (AvgIpc) is 2.90. The molecule has 1 N–H and O–H groups in total. The molecule has 6 nitrogen and oxygen atoms in total. The fourth-order valence-corrected chi connectivity index (χ4v) is 2.29. The van der Waals surface area contributed by atoms with Gasteiger partial charge in [0.15, 0.2) is 0 Å². The summed E-state index contributed by atoms with van der Waals surface area (Å²) in [6.45, 7) is 1.57. The van der Waals surface area contributed by atoms with Gasteiger partial charge in [-0.25, -0.2) is 4.68 Å². The van der Waals surface area contributed by atoms with Crippen molar-refractivity contribution in [3.05, 3.63) is 64.3 Å². The van der Waals surface area contributed by atoms with Gasteiger partial charge in [-0.05, 0) is 24.6 Å². The van der Waals surface area contributed by atoms with E-state index in [-0.39, 0.29) is 5.69 Å². The predicted octanol–water partition coefficient (Wildman–Crippen LogP) is 2.99. The highest BCUT2D eigenvalue weighted by molar-refractivity contribution is 5.81. The van der Waals surface area contributed by atoms with Crippen LogP contribution in [0.15, 0.2) is 48.7 Å². The second-order valence-electron chi connectivity index (χ2n) is 4.80. The number of fused-ring (bicyclic) bond motifs is 1. The van der Waals surface area contributed by atoms with Gasteiger partial charge in [0.25, 0.3) is 5.69 Å². The van der Waals surface area contributed by atoms with Gasteiger partial charge in [0.1, 0.15) is 5.69 Å². The molecule has 3 rings (SSSR count). The molecule has 0 saturated heterocycles. The quantitative estimate of drug-likeness (QED) is 0.591. The van der Waals surface area contributed by atoms with Crippen molar-refractivity contribution in [1.82, 2.24) is 9.78 Å². The summed E-state index contributed by atoms with van der Waals surface area (Å²) < 4.78 is 1.54. The summed E-state index contributed by atoms with van der Waals surface area (Å²) in [7, 11) is 0. The zero-order valence-corrected chi connectivity index (χ0v) is 11.3. The fourth-order valence-electron chi connectivity index (χ4n) is 2.29. The van der Waals surface area contributed by atoms with Crippen LogP contribution in [-0.4, -0.2) is 19.8 Å². The second kappa shape index (κ2) is 4.99. The Bertz CT molecular complexity index is 824. The van der Waals surface area contributed by atoms with Crippen LogP contribution < -0.4 is 0 Å². The number of nitro benzene ring substituents is 1. The summed E-state index contributed by atoms with van der Waals surface area (Å²) in [4.78, 5) is 10.9. The SMILES string of the molecule is C[C@H](O)c1ccc(-n2ncc3ccccc32)c([N+](=O)[O-])c1. The Morgan fingerprint density at radius 1 is 1.29 bits per heavy atom. The standard InChI is InChI=1S/C15H13N3O3/c1-10(19)11-6-7-14(15(8-11)18(20)21)17-13-5-3-2-4-12(13)9-16-17/h2-10,19H,1H3/t10-/m0/s1. The molecule has 1 heterocycles. The summed E-state index contributed by atoms with van der Waals surface area (Å²) in [6, 6.07) is 12.2. The topological polar surface area (TPSA) is 81.2 Å². The van der Waals surface area contributed by atoms with Gasteiger partial charge >= 0.3 is 0 Å². The Balaban J connectivity index is 2.24. The molecule has 0 unspecified atom stereocenters. The van der Waals surface area contributed by atoms with Crippen LogP contribution in [0.25, 0.3) is 16.6 Å². The normalized spacial score (nSPS) is 12.5. The third-order valence-corrected chi connectivity index (χ3v) is 3.38. The summed E-state index contributed by atoms with van der Waals surface area (Å²) in [5.74, 6) is 0. The van der Waals surface area contributed by atoms with Crippen molar-refractivity contribution in [3.63, 3.8) is 0 Å². The first-order valence-electron chi connectivity index (χ1n) is 6.47. The van der Waals surface area contributed by atoms with Crippen LogP contribution >= 0.6 is 0 Å². The lowest BCUT2D eigenvalue weighted by atomic mass is 10.1. The van der Waals surface area contributed by atoms with Crippen molar-refractivity contribution in [2.45, 2.75) is 13.0 Å². The summed E-state index contributed by atoms with van der Waals surface area (Å²) >= 11 is 0. The van der Waals surface area contributed by atoms with E-state index in [2.05, 4.69) is 5.10 Å². The number of aliphatic hydroxyl groups is 1. The summed E-state index contributed by atoms with van der Waals surface area (Å²) in [6.07, 6.45) is 0.911. The van der Waals surface area contributed by atoms with Gasteiger partial charge in [0.05, 0.1) is 22.7 Å². The Morgan fingerprint density at radius 3 is 2.76 bits per heavy atom. The van der Waals surface area contributed by atoms with Gasteiger partial charge < -0.3 is 5.11 Å². The van der Waals surface area contributed by atoms with Crippen LogP contribution in [0.1, 0.15) is 18.6 Å². The van der Waals surface area contributed by atoms with E-state index in [1.54, 1.807) is 29.9 Å². The van der Waals surface area contributed by atoms with Crippen LogP contribution in [-0.2, 0) is 0 Å². The number of aliphatic hydroxyl groups excluding tert-OH is 1. The Hall–Kier alpha value is -2.73. The molecule has 0 radical (unpaired) electrons. The number of nitro groups is 1. The Labute approximate surface area is 120 Å². The number of rotatable bonds is 3. The molecule has 0 saturated carbocycles. The van der Waals surface area contributed by atoms with Crippen molar-refractivity contribution in [2.24, 2.45) is 0 Å². The molecule has 0 aliphatic rings. The maximum atomic E-state index is 11.3. The minimum atomic E-state index is -0.757. The monoisotopic (exact) mass is 283 g/mol. The molecule has 3 aromatic rings. The molecule has 0 aliphatic carbocycles. The highest BCUT2D eigenvalue weighted by Crippen LogP contribution is 2.29. The van der Waals surface area contributed by atoms with E-state index >= 15 is 0 Å². The van der Waals surface area contributed by atoms with E-state index in [1.165, 1.54) is 6.07 Å². The maximum Gasteiger partial charge on any atom is 0.295 e. The molecular formula is C15H13N3O3. The first-order chi connectivity index (χ1) is 10.1. The van der Waals surface area contributed by atoms with Crippen molar-refractivity contribution in [1.29, 1.82) is 0 Å². The molecule has 0 aliphatic heterocycles. The Kier molecular flexibility index (Phi) is 3.15. The van der Waals surface area contributed by atoms with Crippen LogP contribution in [0.4, 0.5) is 5.69 Å². The molecule has 0 bridgehead atoms. The number of hydrogen-bond donors (Lipinski definition) is 1. The van der Waals surface area contributed by atoms with Crippen molar-refractivity contribution in [3.8, 4) is 5.69 Å². The van der Waals surface area contributed by atoms with Crippen LogP contribution in [0.2, 0.25) is 0 Å². The van der Waals surface area contributed by atoms with E-state index in [4.69, 9.17) is 0 Å². The van der Waals surface area contributed by atoms with E-state index in [0.29, 0.717) is 11.3 Å². The smallest absolute Gasteiger partial charge is 0.295 e. The second-order valence-corrected chi connectivity index (χ2v) is 4.80. The molecule has 1 aromatic heterocycles. The number of hydrogen-bond acceptors (Lipinski definition) is 4. The van der Waals surface area contributed by atoms with Crippen molar-refractivity contribution in [2.75, 3.05) is 0 Å².